The van der Waals surface area contributed by atoms with E-state index in [1.807, 2.05) is 0 Å². The summed E-state index contributed by atoms with van der Waals surface area (Å²) in [6.07, 6.45) is 2.10. The molecule has 0 aromatic heterocycles. The molecule has 1 heterocycles. The van der Waals surface area contributed by atoms with Crippen LogP contribution in [-0.4, -0.2) is 59.0 Å². The molecule has 2 rings (SSSR count). The standard InChI is InChI=1S/C24H30N4O7.3H2/c1-14(2)24(34)35-13-17-5-7-18(8-6-17)27-23(33)16(4)26-22(32)15(3)25-19(29)11-12-28-20(30)9-10-21(28)31;;;/h5-10,14-16H,11-13H2,1-4H3,(H,25,29)(H,26,32)(H,27,33);3*1H/t15-,16-;;;/m0.../s1. The summed E-state index contributed by atoms with van der Waals surface area (Å²) >= 11 is 0. The Morgan fingerprint density at radius 3 is 2.03 bits per heavy atom. The molecule has 1 aliphatic heterocycles. The van der Waals surface area contributed by atoms with Crippen molar-refractivity contribution in [2.24, 2.45) is 5.92 Å². The molecule has 1 aromatic carbocycles. The molecule has 194 valence electrons. The van der Waals surface area contributed by atoms with Gasteiger partial charge in [0.15, 0.2) is 0 Å². The summed E-state index contributed by atoms with van der Waals surface area (Å²) in [5.74, 6) is -3.05. The zero-order valence-corrected chi connectivity index (χ0v) is 20.1. The van der Waals surface area contributed by atoms with Crippen molar-refractivity contribution >= 4 is 41.2 Å². The summed E-state index contributed by atoms with van der Waals surface area (Å²) in [5.41, 5.74) is 1.26. The molecule has 11 nitrogen and oxygen atoms in total. The van der Waals surface area contributed by atoms with Crippen LogP contribution < -0.4 is 16.0 Å². The summed E-state index contributed by atoms with van der Waals surface area (Å²) in [5, 5.41) is 7.66. The van der Waals surface area contributed by atoms with Crippen molar-refractivity contribution in [3.05, 3.63) is 42.0 Å². The average molecular weight is 493 g/mol. The minimum atomic E-state index is -0.936. The van der Waals surface area contributed by atoms with Crippen molar-refractivity contribution in [2.75, 3.05) is 11.9 Å². The van der Waals surface area contributed by atoms with Gasteiger partial charge < -0.3 is 20.7 Å². The van der Waals surface area contributed by atoms with Gasteiger partial charge in [0.25, 0.3) is 11.8 Å². The van der Waals surface area contributed by atoms with E-state index in [0.717, 1.165) is 22.6 Å². The fourth-order valence-corrected chi connectivity index (χ4v) is 2.90. The van der Waals surface area contributed by atoms with E-state index in [0.29, 0.717) is 5.69 Å². The molecule has 0 spiro atoms. The van der Waals surface area contributed by atoms with Crippen molar-refractivity contribution in [3.8, 4) is 0 Å². The lowest BCUT2D eigenvalue weighted by Gasteiger charge is -2.19. The van der Waals surface area contributed by atoms with E-state index in [2.05, 4.69) is 16.0 Å². The summed E-state index contributed by atoms with van der Waals surface area (Å²) < 4.78 is 5.15. The van der Waals surface area contributed by atoms with E-state index in [1.165, 1.54) is 13.8 Å². The Labute approximate surface area is 207 Å². The van der Waals surface area contributed by atoms with Crippen molar-refractivity contribution in [3.63, 3.8) is 0 Å². The second kappa shape index (κ2) is 12.4. The van der Waals surface area contributed by atoms with Crippen molar-refractivity contribution in [1.29, 1.82) is 0 Å². The van der Waals surface area contributed by atoms with Crippen LogP contribution >= 0.6 is 0 Å². The Balaban J connectivity index is 0. The van der Waals surface area contributed by atoms with Gasteiger partial charge in [0.2, 0.25) is 17.7 Å². The highest BCUT2D eigenvalue weighted by atomic mass is 16.5. The first-order chi connectivity index (χ1) is 16.5. The Morgan fingerprint density at radius 1 is 0.886 bits per heavy atom. The van der Waals surface area contributed by atoms with Gasteiger partial charge in [-0.15, -0.1) is 0 Å². The molecule has 11 heteroatoms. The highest BCUT2D eigenvalue weighted by Crippen LogP contribution is 2.12. The van der Waals surface area contributed by atoms with Gasteiger partial charge in [0, 0.05) is 35.1 Å². The third kappa shape index (κ3) is 8.36. The maximum Gasteiger partial charge on any atom is 0.308 e. The quantitative estimate of drug-likeness (QED) is 0.312. The van der Waals surface area contributed by atoms with Crippen LogP contribution in [0.15, 0.2) is 36.4 Å². The number of hydrogen-bond acceptors (Lipinski definition) is 7. The lowest BCUT2D eigenvalue weighted by atomic mass is 10.2. The minimum Gasteiger partial charge on any atom is -0.461 e. The van der Waals surface area contributed by atoms with Gasteiger partial charge in [0.1, 0.15) is 18.7 Å². The molecule has 0 radical (unpaired) electrons. The zero-order valence-electron chi connectivity index (χ0n) is 20.1. The van der Waals surface area contributed by atoms with Crippen molar-refractivity contribution in [2.45, 2.75) is 52.8 Å². The second-order valence-corrected chi connectivity index (χ2v) is 8.38. The van der Waals surface area contributed by atoms with Gasteiger partial charge in [-0.2, -0.15) is 0 Å². The van der Waals surface area contributed by atoms with Crippen LogP contribution in [0.3, 0.4) is 0 Å². The number of rotatable bonds is 11. The summed E-state index contributed by atoms with van der Waals surface area (Å²) in [6.45, 7) is 6.48. The minimum absolute atomic E-state index is 0. The van der Waals surface area contributed by atoms with E-state index in [-0.39, 0.29) is 35.7 Å². The van der Waals surface area contributed by atoms with Gasteiger partial charge >= 0.3 is 5.97 Å². The SMILES string of the molecule is CC(C)C(=O)OCc1ccc(NC(=O)[C@H](C)NC(=O)[C@H](C)NC(=O)CCN2C(=O)C=CC2=O)cc1.[HH].[HH].[HH]. The fraction of sp³-hybridized carbons (Fsp3) is 0.417. The van der Waals surface area contributed by atoms with Crippen LogP contribution in [0.5, 0.6) is 0 Å². The van der Waals surface area contributed by atoms with Gasteiger partial charge in [-0.1, -0.05) is 26.0 Å². The number of anilines is 1. The molecule has 0 aliphatic carbocycles. The molecular weight excluding hydrogens is 456 g/mol. The molecule has 2 atom stereocenters. The van der Waals surface area contributed by atoms with Crippen LogP contribution in [0.4, 0.5) is 5.69 Å². The topological polar surface area (TPSA) is 151 Å². The van der Waals surface area contributed by atoms with Gasteiger partial charge in [-0.25, -0.2) is 0 Å². The summed E-state index contributed by atoms with van der Waals surface area (Å²) in [6, 6.07) is 4.90. The maximum atomic E-state index is 12.4. The first-order valence-electron chi connectivity index (χ1n) is 11.2. The number of nitrogens with one attached hydrogen (secondary N) is 3. The predicted octanol–water partition coefficient (Wildman–Crippen LogP) is 1.39. The number of hydrogen-bond donors (Lipinski definition) is 3. The Hall–Kier alpha value is -4.02. The smallest absolute Gasteiger partial charge is 0.308 e. The molecule has 0 fully saturated rings. The molecule has 0 unspecified atom stereocenters. The second-order valence-electron chi connectivity index (χ2n) is 8.38. The first-order valence-corrected chi connectivity index (χ1v) is 11.2. The summed E-state index contributed by atoms with van der Waals surface area (Å²) in [7, 11) is 0. The van der Waals surface area contributed by atoms with Crippen molar-refractivity contribution in [1.82, 2.24) is 15.5 Å². The average Bonchev–Trinajstić information content (AvgIpc) is 3.13. The molecule has 3 N–H and O–H groups in total. The number of imide groups is 1. The molecule has 35 heavy (non-hydrogen) atoms. The van der Waals surface area contributed by atoms with Crippen molar-refractivity contribution < 1.29 is 37.8 Å². The van der Waals surface area contributed by atoms with Crippen LogP contribution in [0, 0.1) is 5.92 Å². The molecule has 1 aromatic rings. The van der Waals surface area contributed by atoms with E-state index in [9.17, 15) is 28.8 Å². The van der Waals surface area contributed by atoms with Gasteiger partial charge in [-0.05, 0) is 31.5 Å². The fourth-order valence-electron chi connectivity index (χ4n) is 2.90. The highest BCUT2D eigenvalue weighted by Gasteiger charge is 2.25. The monoisotopic (exact) mass is 492 g/mol. The first kappa shape index (κ1) is 27.2. The zero-order chi connectivity index (χ0) is 26.1. The Morgan fingerprint density at radius 2 is 1.46 bits per heavy atom. The van der Waals surface area contributed by atoms with Gasteiger partial charge in [-0.3, -0.25) is 33.7 Å². The molecule has 0 saturated carbocycles. The van der Waals surface area contributed by atoms with E-state index in [1.54, 1.807) is 38.1 Å². The third-order valence-electron chi connectivity index (χ3n) is 5.06. The largest absolute Gasteiger partial charge is 0.461 e. The number of ether oxygens (including phenoxy) is 1. The number of carbonyl (C=O) groups excluding carboxylic acids is 6. The molecule has 5 amide bonds. The number of benzene rings is 1. The van der Waals surface area contributed by atoms with Crippen LogP contribution in [0.1, 0.15) is 44.0 Å². The molecule has 0 saturated heterocycles. The normalized spacial score (nSPS) is 14.5. The van der Waals surface area contributed by atoms with E-state index >= 15 is 0 Å². The number of amides is 5. The molecular formula is C24H36N4O7. The lowest BCUT2D eigenvalue weighted by Crippen LogP contribution is -2.50. The molecule has 1 aliphatic rings. The lowest BCUT2D eigenvalue weighted by molar-refractivity contribution is -0.148. The van der Waals surface area contributed by atoms with E-state index < -0.39 is 41.6 Å². The van der Waals surface area contributed by atoms with Gasteiger partial charge in [0.05, 0.1) is 5.92 Å². The van der Waals surface area contributed by atoms with E-state index in [4.69, 9.17) is 4.74 Å². The Bertz CT molecular complexity index is 1010. The van der Waals surface area contributed by atoms with Crippen LogP contribution in [0.2, 0.25) is 0 Å². The van der Waals surface area contributed by atoms with Crippen LogP contribution in [-0.2, 0) is 40.1 Å². The predicted molar refractivity (Wildman–Crippen MR) is 132 cm³/mol. The Kier molecular flexibility index (Phi) is 9.68. The molecule has 0 bridgehead atoms. The number of carbonyl (C=O) groups is 6. The highest BCUT2D eigenvalue weighted by molar-refractivity contribution is 6.13. The third-order valence-corrected chi connectivity index (χ3v) is 5.06. The van der Waals surface area contributed by atoms with Crippen LogP contribution in [0.25, 0.3) is 0 Å². The maximum absolute atomic E-state index is 12.4. The number of nitrogens with zero attached hydrogens (tertiary/aromatic N) is 1. The number of esters is 1. The summed E-state index contributed by atoms with van der Waals surface area (Å²) in [4.78, 5) is 72.3.